The SMILES string of the molecule is CC(CCO)NCCN1CCNC1=O. The molecule has 1 saturated heterocycles. The van der Waals surface area contributed by atoms with Crippen molar-refractivity contribution in [3.8, 4) is 0 Å². The Balaban J connectivity index is 2.05. The smallest absolute Gasteiger partial charge is 0.317 e. The molecule has 5 heteroatoms. The second-order valence-corrected chi connectivity index (χ2v) is 3.59. The Morgan fingerprint density at radius 2 is 2.50 bits per heavy atom. The minimum absolute atomic E-state index is 0.0293. The molecule has 0 aromatic carbocycles. The molecule has 0 bridgehead atoms. The lowest BCUT2D eigenvalue weighted by Gasteiger charge is -2.17. The summed E-state index contributed by atoms with van der Waals surface area (Å²) in [5.41, 5.74) is 0. The summed E-state index contributed by atoms with van der Waals surface area (Å²) in [5, 5.41) is 14.7. The van der Waals surface area contributed by atoms with E-state index >= 15 is 0 Å². The highest BCUT2D eigenvalue weighted by molar-refractivity contribution is 5.76. The van der Waals surface area contributed by atoms with Gasteiger partial charge >= 0.3 is 6.03 Å². The molecule has 3 N–H and O–H groups in total. The van der Waals surface area contributed by atoms with Crippen molar-refractivity contribution in [2.75, 3.05) is 32.8 Å². The molecule has 82 valence electrons. The molecule has 1 heterocycles. The molecule has 5 nitrogen and oxygen atoms in total. The van der Waals surface area contributed by atoms with E-state index in [4.69, 9.17) is 5.11 Å². The first-order valence-corrected chi connectivity index (χ1v) is 5.11. The van der Waals surface area contributed by atoms with Crippen LogP contribution in [-0.2, 0) is 0 Å². The number of aliphatic hydroxyl groups excluding tert-OH is 1. The Hall–Kier alpha value is -0.810. The van der Waals surface area contributed by atoms with Crippen LogP contribution in [0, 0.1) is 0 Å². The molecule has 1 rings (SSSR count). The molecule has 14 heavy (non-hydrogen) atoms. The lowest BCUT2D eigenvalue weighted by molar-refractivity contribution is 0.216. The molecular weight excluding hydrogens is 182 g/mol. The van der Waals surface area contributed by atoms with Crippen LogP contribution < -0.4 is 10.6 Å². The molecule has 1 aliphatic heterocycles. The molecule has 0 saturated carbocycles. The third-order valence-corrected chi connectivity index (χ3v) is 2.38. The number of carbonyl (C=O) groups excluding carboxylic acids is 1. The van der Waals surface area contributed by atoms with Gasteiger partial charge in [-0.15, -0.1) is 0 Å². The van der Waals surface area contributed by atoms with Gasteiger partial charge in [-0.25, -0.2) is 4.79 Å². The van der Waals surface area contributed by atoms with Crippen LogP contribution in [-0.4, -0.2) is 54.9 Å². The molecule has 0 aromatic rings. The van der Waals surface area contributed by atoms with E-state index < -0.39 is 0 Å². The van der Waals surface area contributed by atoms with Crippen LogP contribution in [0.5, 0.6) is 0 Å². The molecule has 1 aliphatic rings. The highest BCUT2D eigenvalue weighted by atomic mass is 16.3. The number of amides is 2. The lowest BCUT2D eigenvalue weighted by Crippen LogP contribution is -2.37. The third-order valence-electron chi connectivity index (χ3n) is 2.38. The third kappa shape index (κ3) is 3.51. The second kappa shape index (κ2) is 5.82. The first kappa shape index (κ1) is 11.3. The lowest BCUT2D eigenvalue weighted by atomic mass is 10.2. The van der Waals surface area contributed by atoms with Gasteiger partial charge in [0.15, 0.2) is 0 Å². The number of aliphatic hydroxyl groups is 1. The Kier molecular flexibility index (Phi) is 4.69. The normalized spacial score (nSPS) is 18.4. The van der Waals surface area contributed by atoms with Crippen LogP contribution in [0.4, 0.5) is 4.79 Å². The Morgan fingerprint density at radius 3 is 3.07 bits per heavy atom. The van der Waals surface area contributed by atoms with E-state index in [1.165, 1.54) is 0 Å². The zero-order valence-corrected chi connectivity index (χ0v) is 8.62. The predicted molar refractivity (Wildman–Crippen MR) is 54.1 cm³/mol. The quantitative estimate of drug-likeness (QED) is 0.536. The summed E-state index contributed by atoms with van der Waals surface area (Å²) < 4.78 is 0. The van der Waals surface area contributed by atoms with Crippen molar-refractivity contribution in [2.45, 2.75) is 19.4 Å². The van der Waals surface area contributed by atoms with Crippen molar-refractivity contribution < 1.29 is 9.90 Å². The number of carbonyl (C=O) groups is 1. The summed E-state index contributed by atoms with van der Waals surface area (Å²) in [6, 6.07) is 0.340. The number of rotatable bonds is 6. The standard InChI is InChI=1S/C9H19N3O2/c1-8(2-7-13)10-3-5-12-6-4-11-9(12)14/h8,10,13H,2-7H2,1H3,(H,11,14). The fraction of sp³-hybridized carbons (Fsp3) is 0.889. The topological polar surface area (TPSA) is 64.6 Å². The van der Waals surface area contributed by atoms with Crippen LogP contribution in [0.2, 0.25) is 0 Å². The number of nitrogens with zero attached hydrogens (tertiary/aromatic N) is 1. The second-order valence-electron chi connectivity index (χ2n) is 3.59. The first-order valence-electron chi connectivity index (χ1n) is 5.11. The van der Waals surface area contributed by atoms with Gasteiger partial charge in [-0.1, -0.05) is 0 Å². The average molecular weight is 201 g/mol. The molecule has 0 spiro atoms. The van der Waals surface area contributed by atoms with Crippen LogP contribution in [0.25, 0.3) is 0 Å². The number of hydrogen-bond donors (Lipinski definition) is 3. The minimum Gasteiger partial charge on any atom is -0.396 e. The summed E-state index contributed by atoms with van der Waals surface area (Å²) in [6.07, 6.45) is 0.756. The van der Waals surface area contributed by atoms with E-state index in [1.807, 2.05) is 6.92 Å². The van der Waals surface area contributed by atoms with Gasteiger partial charge in [-0.2, -0.15) is 0 Å². The van der Waals surface area contributed by atoms with Gasteiger partial charge < -0.3 is 20.6 Å². The van der Waals surface area contributed by atoms with E-state index in [0.717, 1.165) is 32.6 Å². The van der Waals surface area contributed by atoms with Crippen LogP contribution in [0.3, 0.4) is 0 Å². The maximum absolute atomic E-state index is 11.1. The zero-order valence-electron chi connectivity index (χ0n) is 8.62. The summed E-state index contributed by atoms with van der Waals surface area (Å²) in [4.78, 5) is 12.9. The zero-order chi connectivity index (χ0) is 10.4. The highest BCUT2D eigenvalue weighted by Crippen LogP contribution is 1.95. The maximum atomic E-state index is 11.1. The largest absolute Gasteiger partial charge is 0.396 e. The molecule has 0 aliphatic carbocycles. The summed E-state index contributed by atoms with van der Waals surface area (Å²) in [6.45, 7) is 5.31. The van der Waals surface area contributed by atoms with Crippen molar-refractivity contribution in [3.63, 3.8) is 0 Å². The molecule has 1 fully saturated rings. The molecule has 0 radical (unpaired) electrons. The molecule has 2 amide bonds. The Morgan fingerprint density at radius 1 is 1.71 bits per heavy atom. The maximum Gasteiger partial charge on any atom is 0.317 e. The molecule has 0 aromatic heterocycles. The monoisotopic (exact) mass is 201 g/mol. The van der Waals surface area contributed by atoms with Crippen molar-refractivity contribution in [1.29, 1.82) is 0 Å². The van der Waals surface area contributed by atoms with Gasteiger partial charge in [0.1, 0.15) is 0 Å². The predicted octanol–water partition coefficient (Wildman–Crippen LogP) is -0.628. The fourth-order valence-electron chi connectivity index (χ4n) is 1.47. The van der Waals surface area contributed by atoms with E-state index in [9.17, 15) is 4.79 Å². The van der Waals surface area contributed by atoms with Gasteiger partial charge in [0, 0.05) is 38.8 Å². The summed E-state index contributed by atoms with van der Waals surface area (Å²) in [7, 11) is 0. The van der Waals surface area contributed by atoms with Crippen LogP contribution in [0.1, 0.15) is 13.3 Å². The summed E-state index contributed by atoms with van der Waals surface area (Å²) in [5.74, 6) is 0. The van der Waals surface area contributed by atoms with Gasteiger partial charge in [-0.05, 0) is 13.3 Å². The van der Waals surface area contributed by atoms with Crippen molar-refractivity contribution in [3.05, 3.63) is 0 Å². The number of nitrogens with one attached hydrogen (secondary N) is 2. The van der Waals surface area contributed by atoms with E-state index in [2.05, 4.69) is 10.6 Å². The fourth-order valence-corrected chi connectivity index (χ4v) is 1.47. The number of hydrogen-bond acceptors (Lipinski definition) is 3. The first-order chi connectivity index (χ1) is 6.74. The summed E-state index contributed by atoms with van der Waals surface area (Å²) >= 11 is 0. The van der Waals surface area contributed by atoms with Crippen molar-refractivity contribution in [1.82, 2.24) is 15.5 Å². The van der Waals surface area contributed by atoms with E-state index in [0.29, 0.717) is 6.04 Å². The van der Waals surface area contributed by atoms with Crippen molar-refractivity contribution >= 4 is 6.03 Å². The average Bonchev–Trinajstić information content (AvgIpc) is 2.52. The minimum atomic E-state index is 0.0293. The van der Waals surface area contributed by atoms with Gasteiger partial charge in [-0.3, -0.25) is 0 Å². The molecular formula is C9H19N3O2. The van der Waals surface area contributed by atoms with Gasteiger partial charge in [0.05, 0.1) is 0 Å². The van der Waals surface area contributed by atoms with E-state index in [1.54, 1.807) is 4.90 Å². The van der Waals surface area contributed by atoms with Gasteiger partial charge in [0.2, 0.25) is 0 Å². The number of urea groups is 1. The van der Waals surface area contributed by atoms with Crippen LogP contribution >= 0.6 is 0 Å². The Labute approximate surface area is 84.5 Å². The van der Waals surface area contributed by atoms with E-state index in [-0.39, 0.29) is 12.6 Å². The van der Waals surface area contributed by atoms with Crippen molar-refractivity contribution in [2.24, 2.45) is 0 Å². The van der Waals surface area contributed by atoms with Gasteiger partial charge in [0.25, 0.3) is 0 Å². The highest BCUT2D eigenvalue weighted by Gasteiger charge is 2.18. The molecule has 1 atom stereocenters. The molecule has 1 unspecified atom stereocenters. The Bertz CT molecular complexity index is 187. The van der Waals surface area contributed by atoms with Crippen LogP contribution in [0.15, 0.2) is 0 Å².